The number of carbonyl (C=O) groups is 4. The molecule has 0 radical (unpaired) electrons. The van der Waals surface area contributed by atoms with Crippen molar-refractivity contribution < 1.29 is 28.7 Å². The highest BCUT2D eigenvalue weighted by Crippen LogP contribution is 2.11. The van der Waals surface area contributed by atoms with Crippen LogP contribution in [0.15, 0.2) is 17.5 Å². The third-order valence-corrected chi connectivity index (χ3v) is 3.89. The molecule has 0 saturated carbocycles. The minimum absolute atomic E-state index is 0.253. The van der Waals surface area contributed by atoms with E-state index >= 15 is 0 Å². The lowest BCUT2D eigenvalue weighted by molar-refractivity contribution is -0.157. The summed E-state index contributed by atoms with van der Waals surface area (Å²) in [5.41, 5.74) is 0. The molecule has 0 aromatic carbocycles. The molecule has 3 amide bonds. The number of imide groups is 1. The minimum atomic E-state index is -1.21. The van der Waals surface area contributed by atoms with Crippen molar-refractivity contribution in [3.05, 3.63) is 22.4 Å². The van der Waals surface area contributed by atoms with Crippen molar-refractivity contribution in [2.45, 2.75) is 32.9 Å². The van der Waals surface area contributed by atoms with Gasteiger partial charge < -0.3 is 14.8 Å². The fourth-order valence-electron chi connectivity index (χ4n) is 1.67. The summed E-state index contributed by atoms with van der Waals surface area (Å²) in [4.78, 5) is 47.4. The van der Waals surface area contributed by atoms with Crippen LogP contribution in [-0.4, -0.2) is 43.1 Å². The molecule has 2 N–H and O–H groups in total. The first-order valence-corrected chi connectivity index (χ1v) is 8.07. The first-order valence-electron chi connectivity index (χ1n) is 7.20. The summed E-state index contributed by atoms with van der Waals surface area (Å²) in [5.74, 6) is -2.23. The average molecular weight is 356 g/mol. The van der Waals surface area contributed by atoms with Crippen LogP contribution < -0.4 is 10.6 Å². The molecule has 24 heavy (non-hydrogen) atoms. The van der Waals surface area contributed by atoms with E-state index in [1.54, 1.807) is 31.4 Å². The van der Waals surface area contributed by atoms with E-state index in [0.29, 0.717) is 4.88 Å². The molecule has 0 fully saturated rings. The highest BCUT2D eigenvalue weighted by molar-refractivity contribution is 7.12. The number of rotatable bonds is 6. The van der Waals surface area contributed by atoms with Crippen molar-refractivity contribution >= 4 is 35.2 Å². The summed E-state index contributed by atoms with van der Waals surface area (Å²) in [6, 6.07) is 2.43. The molecule has 8 nitrogen and oxygen atoms in total. The Balaban J connectivity index is 2.68. The van der Waals surface area contributed by atoms with Crippen LogP contribution in [-0.2, 0) is 19.1 Å². The normalized spacial score (nSPS) is 12.9. The van der Waals surface area contributed by atoms with Crippen LogP contribution in [0.1, 0.15) is 30.4 Å². The molecule has 2 atom stereocenters. The number of hydrogen-bond acceptors (Lipinski definition) is 7. The number of methoxy groups -OCH3 is 1. The third-order valence-electron chi connectivity index (χ3n) is 3.02. The summed E-state index contributed by atoms with van der Waals surface area (Å²) < 4.78 is 9.32. The van der Waals surface area contributed by atoms with E-state index in [4.69, 9.17) is 4.74 Å². The Morgan fingerprint density at radius 1 is 1.17 bits per heavy atom. The van der Waals surface area contributed by atoms with E-state index in [0.717, 1.165) is 7.11 Å². The molecular weight excluding hydrogens is 336 g/mol. The van der Waals surface area contributed by atoms with Crippen molar-refractivity contribution in [3.63, 3.8) is 0 Å². The molecule has 0 aliphatic rings. The molecule has 0 unspecified atom stereocenters. The Bertz CT molecular complexity index is 599. The quantitative estimate of drug-likeness (QED) is 0.744. The molecule has 1 heterocycles. The standard InChI is InChI=1S/C15H20N2O6S/c1-8(2)11(16-13(19)10-6-5-7-24-10)14(20)23-9(3)12(18)17-15(21)22-4/h5-9,11H,1-4H3,(H,16,19)(H,17,18,21)/t9-,11+/m1/s1. The Labute approximate surface area is 143 Å². The van der Waals surface area contributed by atoms with E-state index in [1.807, 2.05) is 5.32 Å². The number of amides is 3. The first kappa shape index (κ1) is 19.6. The maximum Gasteiger partial charge on any atom is 0.413 e. The summed E-state index contributed by atoms with van der Waals surface area (Å²) in [6.45, 7) is 4.79. The van der Waals surface area contributed by atoms with Crippen LogP contribution in [0.3, 0.4) is 0 Å². The molecular formula is C15H20N2O6S. The zero-order valence-corrected chi connectivity index (χ0v) is 14.6. The van der Waals surface area contributed by atoms with Crippen molar-refractivity contribution in [1.29, 1.82) is 0 Å². The van der Waals surface area contributed by atoms with E-state index in [2.05, 4.69) is 10.1 Å². The van der Waals surface area contributed by atoms with Gasteiger partial charge >= 0.3 is 12.1 Å². The van der Waals surface area contributed by atoms with Gasteiger partial charge in [0.25, 0.3) is 11.8 Å². The first-order chi connectivity index (χ1) is 11.3. The Morgan fingerprint density at radius 2 is 1.83 bits per heavy atom. The van der Waals surface area contributed by atoms with Gasteiger partial charge in [-0.3, -0.25) is 14.9 Å². The zero-order chi connectivity index (χ0) is 18.3. The average Bonchev–Trinajstić information content (AvgIpc) is 3.05. The lowest BCUT2D eigenvalue weighted by Crippen LogP contribution is -2.48. The van der Waals surface area contributed by atoms with Gasteiger partial charge in [0.1, 0.15) is 6.04 Å². The largest absolute Gasteiger partial charge is 0.453 e. The molecule has 132 valence electrons. The number of nitrogens with one attached hydrogen (secondary N) is 2. The van der Waals surface area contributed by atoms with Crippen LogP contribution in [0.5, 0.6) is 0 Å². The molecule has 1 aromatic rings. The zero-order valence-electron chi connectivity index (χ0n) is 13.8. The van der Waals surface area contributed by atoms with Gasteiger partial charge in [-0.2, -0.15) is 0 Å². The van der Waals surface area contributed by atoms with Crippen LogP contribution >= 0.6 is 11.3 Å². The molecule has 0 aliphatic heterocycles. The molecule has 0 spiro atoms. The Morgan fingerprint density at radius 3 is 2.33 bits per heavy atom. The van der Waals surface area contributed by atoms with Crippen LogP contribution in [0.4, 0.5) is 4.79 Å². The maximum atomic E-state index is 12.2. The second kappa shape index (κ2) is 9.02. The fraction of sp³-hybridized carbons (Fsp3) is 0.467. The Kier molecular flexibility index (Phi) is 7.37. The van der Waals surface area contributed by atoms with Gasteiger partial charge in [0.2, 0.25) is 0 Å². The van der Waals surface area contributed by atoms with Crippen LogP contribution in [0, 0.1) is 5.92 Å². The van der Waals surface area contributed by atoms with Crippen LogP contribution in [0.25, 0.3) is 0 Å². The SMILES string of the molecule is COC(=O)NC(=O)[C@@H](C)OC(=O)[C@@H](NC(=O)c1cccs1)C(C)C. The topological polar surface area (TPSA) is 111 Å². The van der Waals surface area contributed by atoms with E-state index in [-0.39, 0.29) is 5.92 Å². The number of hydrogen-bond donors (Lipinski definition) is 2. The van der Waals surface area contributed by atoms with Crippen molar-refractivity contribution in [2.24, 2.45) is 5.92 Å². The highest BCUT2D eigenvalue weighted by Gasteiger charge is 2.29. The fourth-order valence-corrected chi connectivity index (χ4v) is 2.30. The summed E-state index contributed by atoms with van der Waals surface area (Å²) in [6.07, 6.45) is -2.16. The van der Waals surface area contributed by atoms with Crippen LogP contribution in [0.2, 0.25) is 0 Å². The molecule has 0 bridgehead atoms. The number of esters is 1. The lowest BCUT2D eigenvalue weighted by Gasteiger charge is -2.22. The van der Waals surface area contributed by atoms with Gasteiger partial charge in [-0.05, 0) is 24.3 Å². The van der Waals surface area contributed by atoms with Gasteiger partial charge in [-0.1, -0.05) is 19.9 Å². The van der Waals surface area contributed by atoms with Gasteiger partial charge in [-0.25, -0.2) is 9.59 Å². The number of ether oxygens (including phenoxy) is 2. The molecule has 1 aromatic heterocycles. The maximum absolute atomic E-state index is 12.2. The smallest absolute Gasteiger partial charge is 0.413 e. The molecule has 0 saturated heterocycles. The van der Waals surface area contributed by atoms with Gasteiger partial charge in [0, 0.05) is 0 Å². The third kappa shape index (κ3) is 5.65. The lowest BCUT2D eigenvalue weighted by atomic mass is 10.0. The second-order valence-electron chi connectivity index (χ2n) is 5.23. The summed E-state index contributed by atoms with van der Waals surface area (Å²) in [5, 5.41) is 6.24. The van der Waals surface area contributed by atoms with Gasteiger partial charge in [0.15, 0.2) is 6.10 Å². The Hall–Kier alpha value is -2.42. The predicted octanol–water partition coefficient (Wildman–Crippen LogP) is 1.32. The summed E-state index contributed by atoms with van der Waals surface area (Å²) >= 11 is 1.24. The van der Waals surface area contributed by atoms with E-state index in [1.165, 1.54) is 18.3 Å². The van der Waals surface area contributed by atoms with Gasteiger partial charge in [0.05, 0.1) is 12.0 Å². The van der Waals surface area contributed by atoms with Crippen molar-refractivity contribution in [3.8, 4) is 0 Å². The highest BCUT2D eigenvalue weighted by atomic mass is 32.1. The van der Waals surface area contributed by atoms with E-state index < -0.39 is 36.0 Å². The minimum Gasteiger partial charge on any atom is -0.453 e. The van der Waals surface area contributed by atoms with Crippen molar-refractivity contribution in [1.82, 2.24) is 10.6 Å². The van der Waals surface area contributed by atoms with E-state index in [9.17, 15) is 19.2 Å². The molecule has 1 rings (SSSR count). The number of alkyl carbamates (subject to hydrolysis) is 1. The van der Waals surface area contributed by atoms with Crippen molar-refractivity contribution in [2.75, 3.05) is 7.11 Å². The molecule has 9 heteroatoms. The predicted molar refractivity (Wildman–Crippen MR) is 86.5 cm³/mol. The summed E-state index contributed by atoms with van der Waals surface area (Å²) in [7, 11) is 1.11. The monoisotopic (exact) mass is 356 g/mol. The number of thiophene rings is 1. The number of carbonyl (C=O) groups excluding carboxylic acids is 4. The molecule has 0 aliphatic carbocycles. The van der Waals surface area contributed by atoms with Gasteiger partial charge in [-0.15, -0.1) is 11.3 Å². The second-order valence-corrected chi connectivity index (χ2v) is 6.18.